The summed E-state index contributed by atoms with van der Waals surface area (Å²) in [6.07, 6.45) is 4.83. The Hall–Kier alpha value is -1.50. The zero-order valence-electron chi connectivity index (χ0n) is 14.1. The minimum Gasteiger partial charge on any atom is -0.383 e. The average molecular weight is 359 g/mol. The number of nitrogen functional groups attached to an aromatic ring is 1. The number of aromatic nitrogens is 2. The lowest BCUT2D eigenvalue weighted by atomic mass is 9.97. The van der Waals surface area contributed by atoms with Crippen LogP contribution in [-0.4, -0.2) is 21.9 Å². The SMILES string of the molecule is Cc1ccsc1CN(C)Cc1nc(N)c2c3c(sc2n1)CCCC3. The fourth-order valence-corrected chi connectivity index (χ4v) is 5.68. The molecule has 0 bridgehead atoms. The molecule has 0 saturated carbocycles. The van der Waals surface area contributed by atoms with E-state index in [0.717, 1.165) is 35.6 Å². The van der Waals surface area contributed by atoms with Gasteiger partial charge in [0.15, 0.2) is 0 Å². The van der Waals surface area contributed by atoms with E-state index in [0.29, 0.717) is 5.82 Å². The lowest BCUT2D eigenvalue weighted by molar-refractivity contribution is 0.313. The molecule has 0 fully saturated rings. The fourth-order valence-electron chi connectivity index (χ4n) is 3.41. The Morgan fingerprint density at radius 1 is 1.21 bits per heavy atom. The van der Waals surface area contributed by atoms with Crippen LogP contribution in [0.15, 0.2) is 11.4 Å². The molecule has 4 nitrogen and oxygen atoms in total. The van der Waals surface area contributed by atoms with E-state index >= 15 is 0 Å². The van der Waals surface area contributed by atoms with Crippen molar-refractivity contribution in [3.63, 3.8) is 0 Å². The Kier molecular flexibility index (Phi) is 4.28. The van der Waals surface area contributed by atoms with E-state index in [2.05, 4.69) is 35.3 Å². The van der Waals surface area contributed by atoms with Gasteiger partial charge >= 0.3 is 0 Å². The van der Waals surface area contributed by atoms with Crippen molar-refractivity contribution >= 4 is 38.7 Å². The van der Waals surface area contributed by atoms with Gasteiger partial charge in [-0.05, 0) is 62.2 Å². The predicted octanol–water partition coefficient (Wildman–Crippen LogP) is 4.15. The molecular weight excluding hydrogens is 336 g/mol. The minimum atomic E-state index is 0.662. The van der Waals surface area contributed by atoms with Crippen molar-refractivity contribution < 1.29 is 0 Å². The lowest BCUT2D eigenvalue weighted by Crippen LogP contribution is -2.19. The quantitative estimate of drug-likeness (QED) is 0.761. The van der Waals surface area contributed by atoms with Gasteiger partial charge in [-0.15, -0.1) is 22.7 Å². The van der Waals surface area contributed by atoms with Crippen molar-refractivity contribution in [3.05, 3.63) is 38.2 Å². The van der Waals surface area contributed by atoms with E-state index < -0.39 is 0 Å². The number of anilines is 1. The Morgan fingerprint density at radius 2 is 2.04 bits per heavy atom. The maximum Gasteiger partial charge on any atom is 0.146 e. The molecule has 24 heavy (non-hydrogen) atoms. The molecule has 0 aliphatic heterocycles. The Morgan fingerprint density at radius 3 is 2.83 bits per heavy atom. The van der Waals surface area contributed by atoms with Gasteiger partial charge in [0.05, 0.1) is 11.9 Å². The molecule has 3 aromatic rings. The van der Waals surface area contributed by atoms with Crippen molar-refractivity contribution in [3.8, 4) is 0 Å². The Labute approximate surface area is 150 Å². The lowest BCUT2D eigenvalue weighted by Gasteiger charge is -2.16. The second-order valence-corrected chi connectivity index (χ2v) is 8.70. The molecular formula is C18H22N4S2. The van der Waals surface area contributed by atoms with Gasteiger partial charge in [0, 0.05) is 16.3 Å². The smallest absolute Gasteiger partial charge is 0.146 e. The maximum absolute atomic E-state index is 6.30. The van der Waals surface area contributed by atoms with Gasteiger partial charge in [-0.3, -0.25) is 4.90 Å². The normalized spacial score (nSPS) is 14.5. The third-order valence-corrected chi connectivity index (χ3v) is 6.88. The zero-order chi connectivity index (χ0) is 16.7. The third kappa shape index (κ3) is 2.94. The zero-order valence-corrected chi connectivity index (χ0v) is 15.8. The molecule has 0 saturated heterocycles. The van der Waals surface area contributed by atoms with Gasteiger partial charge in [-0.1, -0.05) is 0 Å². The highest BCUT2D eigenvalue weighted by Gasteiger charge is 2.20. The van der Waals surface area contributed by atoms with E-state index in [-0.39, 0.29) is 0 Å². The molecule has 1 aliphatic rings. The first-order valence-electron chi connectivity index (χ1n) is 8.40. The van der Waals surface area contributed by atoms with E-state index in [1.165, 1.54) is 40.1 Å². The summed E-state index contributed by atoms with van der Waals surface area (Å²) in [6.45, 7) is 3.81. The summed E-state index contributed by atoms with van der Waals surface area (Å²) < 4.78 is 0. The molecule has 3 heterocycles. The summed E-state index contributed by atoms with van der Waals surface area (Å²) >= 11 is 3.62. The highest BCUT2D eigenvalue weighted by atomic mass is 32.1. The van der Waals surface area contributed by atoms with Gasteiger partial charge in [-0.25, -0.2) is 9.97 Å². The van der Waals surface area contributed by atoms with Crippen LogP contribution in [0.5, 0.6) is 0 Å². The number of thiophene rings is 2. The molecule has 0 unspecified atom stereocenters. The van der Waals surface area contributed by atoms with Crippen LogP contribution in [0.4, 0.5) is 5.82 Å². The summed E-state index contributed by atoms with van der Waals surface area (Å²) in [5.41, 5.74) is 9.07. The molecule has 0 spiro atoms. The van der Waals surface area contributed by atoms with Crippen LogP contribution in [0.3, 0.4) is 0 Å². The van der Waals surface area contributed by atoms with Crippen LogP contribution in [-0.2, 0) is 25.9 Å². The number of aryl methyl sites for hydroxylation is 3. The molecule has 2 N–H and O–H groups in total. The van der Waals surface area contributed by atoms with Gasteiger partial charge in [0.25, 0.3) is 0 Å². The van der Waals surface area contributed by atoms with Crippen molar-refractivity contribution in [2.45, 2.75) is 45.7 Å². The van der Waals surface area contributed by atoms with E-state index in [4.69, 9.17) is 10.7 Å². The predicted molar refractivity (Wildman–Crippen MR) is 103 cm³/mol. The van der Waals surface area contributed by atoms with Crippen LogP contribution < -0.4 is 5.73 Å². The largest absolute Gasteiger partial charge is 0.383 e. The van der Waals surface area contributed by atoms with Crippen molar-refractivity contribution in [2.75, 3.05) is 12.8 Å². The second-order valence-electron chi connectivity index (χ2n) is 6.62. The van der Waals surface area contributed by atoms with Crippen LogP contribution in [0.2, 0.25) is 0 Å². The minimum absolute atomic E-state index is 0.662. The summed E-state index contributed by atoms with van der Waals surface area (Å²) in [7, 11) is 2.11. The highest BCUT2D eigenvalue weighted by molar-refractivity contribution is 7.19. The van der Waals surface area contributed by atoms with Crippen LogP contribution in [0.25, 0.3) is 10.2 Å². The molecule has 126 valence electrons. The molecule has 4 rings (SSSR count). The molecule has 0 radical (unpaired) electrons. The Balaban J connectivity index is 1.59. The highest BCUT2D eigenvalue weighted by Crippen LogP contribution is 2.37. The van der Waals surface area contributed by atoms with E-state index in [1.807, 2.05) is 22.7 Å². The van der Waals surface area contributed by atoms with Gasteiger partial charge in [0.1, 0.15) is 16.5 Å². The second kappa shape index (κ2) is 6.43. The number of rotatable bonds is 4. The first-order valence-corrected chi connectivity index (χ1v) is 10.1. The summed E-state index contributed by atoms with van der Waals surface area (Å²) in [6, 6.07) is 2.17. The van der Waals surface area contributed by atoms with Crippen molar-refractivity contribution in [1.82, 2.24) is 14.9 Å². The Bertz CT molecular complexity index is 881. The monoisotopic (exact) mass is 358 g/mol. The number of nitrogens with two attached hydrogens (primary N) is 1. The summed E-state index contributed by atoms with van der Waals surface area (Å²) in [5, 5.41) is 3.27. The number of hydrogen-bond donors (Lipinski definition) is 1. The molecule has 0 aromatic carbocycles. The van der Waals surface area contributed by atoms with Crippen LogP contribution in [0.1, 0.15) is 39.5 Å². The molecule has 0 atom stereocenters. The first kappa shape index (κ1) is 16.0. The maximum atomic E-state index is 6.30. The number of hydrogen-bond acceptors (Lipinski definition) is 6. The molecule has 3 aromatic heterocycles. The summed E-state index contributed by atoms with van der Waals surface area (Å²) in [4.78, 5) is 15.6. The first-order chi connectivity index (χ1) is 11.6. The molecule has 1 aliphatic carbocycles. The van der Waals surface area contributed by atoms with Gasteiger partial charge in [-0.2, -0.15) is 0 Å². The standard InChI is InChI=1S/C18H22N4S2/c1-11-7-8-23-14(11)9-22(2)10-15-20-17(19)16-12-5-3-4-6-13(12)24-18(16)21-15/h7-8H,3-6,9-10H2,1-2H3,(H2,19,20,21). The molecule has 0 amide bonds. The van der Waals surface area contributed by atoms with E-state index in [1.54, 1.807) is 0 Å². The van der Waals surface area contributed by atoms with Crippen molar-refractivity contribution in [1.29, 1.82) is 0 Å². The summed E-state index contributed by atoms with van der Waals surface area (Å²) in [5.74, 6) is 1.49. The fraction of sp³-hybridized carbons (Fsp3) is 0.444. The van der Waals surface area contributed by atoms with Crippen molar-refractivity contribution in [2.24, 2.45) is 0 Å². The topological polar surface area (TPSA) is 55.0 Å². The van der Waals surface area contributed by atoms with Gasteiger partial charge in [0.2, 0.25) is 0 Å². The third-order valence-electron chi connectivity index (χ3n) is 4.68. The van der Waals surface area contributed by atoms with Gasteiger partial charge < -0.3 is 5.73 Å². The van der Waals surface area contributed by atoms with Crippen LogP contribution in [0, 0.1) is 6.92 Å². The number of fused-ring (bicyclic) bond motifs is 3. The number of nitrogens with zero attached hydrogens (tertiary/aromatic N) is 3. The average Bonchev–Trinajstić information content (AvgIpc) is 3.10. The van der Waals surface area contributed by atoms with Crippen LogP contribution >= 0.6 is 22.7 Å². The molecule has 6 heteroatoms. The van der Waals surface area contributed by atoms with E-state index in [9.17, 15) is 0 Å².